The quantitative estimate of drug-likeness (QED) is 0.887. The molecule has 1 N–H and O–H groups in total. The van der Waals surface area contributed by atoms with E-state index in [-0.39, 0.29) is 5.92 Å². The second kappa shape index (κ2) is 5.29. The van der Waals surface area contributed by atoms with Gasteiger partial charge in [-0.1, -0.05) is 15.9 Å². The average Bonchev–Trinajstić information content (AvgIpc) is 3.05. The van der Waals surface area contributed by atoms with E-state index in [4.69, 9.17) is 4.74 Å². The molecular formula is C16H19BrN2O2. The van der Waals surface area contributed by atoms with Crippen LogP contribution in [0.25, 0.3) is 0 Å². The van der Waals surface area contributed by atoms with E-state index >= 15 is 0 Å². The van der Waals surface area contributed by atoms with Crippen molar-refractivity contribution in [2.45, 2.75) is 31.8 Å². The monoisotopic (exact) mass is 350 g/mol. The average molecular weight is 351 g/mol. The topological polar surface area (TPSA) is 41.6 Å². The summed E-state index contributed by atoms with van der Waals surface area (Å²) in [5.74, 6) is 1.48. The second-order valence-corrected chi connectivity index (χ2v) is 7.10. The highest BCUT2D eigenvalue weighted by Gasteiger charge is 2.41. The fourth-order valence-electron chi connectivity index (χ4n) is 3.81. The molecule has 2 unspecified atom stereocenters. The molecule has 1 aromatic carbocycles. The SMILES string of the molecule is O=C1C2CCCNC2CN1Cc1cc(Br)cc2c1OCC2. The summed E-state index contributed by atoms with van der Waals surface area (Å²) in [6.07, 6.45) is 3.10. The Labute approximate surface area is 133 Å². The third kappa shape index (κ3) is 2.36. The minimum Gasteiger partial charge on any atom is -0.493 e. The van der Waals surface area contributed by atoms with Crippen molar-refractivity contribution in [2.24, 2.45) is 5.92 Å². The molecule has 0 saturated carbocycles. The zero-order valence-electron chi connectivity index (χ0n) is 11.9. The van der Waals surface area contributed by atoms with E-state index in [1.807, 2.05) is 4.90 Å². The number of hydrogen-bond acceptors (Lipinski definition) is 3. The van der Waals surface area contributed by atoms with Gasteiger partial charge < -0.3 is 15.0 Å². The lowest BCUT2D eigenvalue weighted by molar-refractivity contribution is -0.131. The normalized spacial score (nSPS) is 27.5. The summed E-state index contributed by atoms with van der Waals surface area (Å²) in [5, 5.41) is 3.49. The van der Waals surface area contributed by atoms with Crippen LogP contribution < -0.4 is 10.1 Å². The van der Waals surface area contributed by atoms with E-state index in [0.717, 1.165) is 54.7 Å². The van der Waals surface area contributed by atoms with Crippen LogP contribution in [0.4, 0.5) is 0 Å². The van der Waals surface area contributed by atoms with E-state index in [0.29, 0.717) is 18.5 Å². The third-order valence-corrected chi connectivity index (χ3v) is 5.27. The lowest BCUT2D eigenvalue weighted by Crippen LogP contribution is -2.41. The number of amides is 1. The highest BCUT2D eigenvalue weighted by molar-refractivity contribution is 9.10. The molecule has 0 aliphatic carbocycles. The van der Waals surface area contributed by atoms with Crippen molar-refractivity contribution in [2.75, 3.05) is 19.7 Å². The number of benzene rings is 1. The molecule has 5 heteroatoms. The number of piperidine rings is 1. The number of rotatable bonds is 2. The van der Waals surface area contributed by atoms with Gasteiger partial charge in [0, 0.05) is 35.6 Å². The lowest BCUT2D eigenvalue weighted by atomic mass is 9.94. The van der Waals surface area contributed by atoms with Crippen LogP contribution in [-0.4, -0.2) is 36.5 Å². The Hall–Kier alpha value is -1.07. The Morgan fingerprint density at radius 2 is 2.33 bits per heavy atom. The van der Waals surface area contributed by atoms with Gasteiger partial charge in [0.1, 0.15) is 5.75 Å². The van der Waals surface area contributed by atoms with Crippen molar-refractivity contribution >= 4 is 21.8 Å². The van der Waals surface area contributed by atoms with Gasteiger partial charge in [0.05, 0.1) is 12.5 Å². The van der Waals surface area contributed by atoms with Crippen LogP contribution in [0.5, 0.6) is 5.75 Å². The third-order valence-electron chi connectivity index (χ3n) is 4.82. The molecule has 0 spiro atoms. The summed E-state index contributed by atoms with van der Waals surface area (Å²) in [6, 6.07) is 4.55. The first-order valence-corrected chi connectivity index (χ1v) is 8.48. The molecule has 3 aliphatic heterocycles. The van der Waals surface area contributed by atoms with Crippen molar-refractivity contribution in [3.8, 4) is 5.75 Å². The van der Waals surface area contributed by atoms with Crippen LogP contribution in [0.3, 0.4) is 0 Å². The Morgan fingerprint density at radius 1 is 1.43 bits per heavy atom. The number of ether oxygens (including phenoxy) is 1. The van der Waals surface area contributed by atoms with Crippen molar-refractivity contribution in [1.82, 2.24) is 10.2 Å². The summed E-state index contributed by atoms with van der Waals surface area (Å²) in [4.78, 5) is 14.6. The number of hydrogen-bond donors (Lipinski definition) is 1. The number of carbonyl (C=O) groups excluding carboxylic acids is 1. The summed E-state index contributed by atoms with van der Waals surface area (Å²) in [5.41, 5.74) is 2.38. The van der Waals surface area contributed by atoms with E-state index < -0.39 is 0 Å². The van der Waals surface area contributed by atoms with Gasteiger partial charge in [-0.25, -0.2) is 0 Å². The van der Waals surface area contributed by atoms with Crippen molar-refractivity contribution in [3.63, 3.8) is 0 Å². The van der Waals surface area contributed by atoms with Crippen LogP contribution >= 0.6 is 15.9 Å². The molecule has 1 aromatic rings. The number of likely N-dealkylation sites (tertiary alicyclic amines) is 1. The Morgan fingerprint density at radius 3 is 3.19 bits per heavy atom. The Balaban J connectivity index is 1.58. The van der Waals surface area contributed by atoms with Crippen LogP contribution in [-0.2, 0) is 17.8 Å². The molecule has 3 heterocycles. The molecule has 0 aromatic heterocycles. The zero-order valence-corrected chi connectivity index (χ0v) is 13.5. The summed E-state index contributed by atoms with van der Waals surface area (Å²) >= 11 is 3.57. The Bertz CT molecular complexity index is 590. The van der Waals surface area contributed by atoms with E-state index in [2.05, 4.69) is 33.4 Å². The van der Waals surface area contributed by atoms with Crippen LogP contribution in [0.2, 0.25) is 0 Å². The standard InChI is InChI=1S/C16H19BrN2O2/c17-12-6-10-3-5-21-15(10)11(7-12)8-19-9-14-13(16(19)20)2-1-4-18-14/h6-7,13-14,18H,1-5,8-9H2. The van der Waals surface area contributed by atoms with Gasteiger partial charge in [0.15, 0.2) is 0 Å². The molecule has 112 valence electrons. The van der Waals surface area contributed by atoms with Gasteiger partial charge in [-0.3, -0.25) is 4.79 Å². The van der Waals surface area contributed by atoms with Gasteiger partial charge >= 0.3 is 0 Å². The van der Waals surface area contributed by atoms with E-state index in [1.54, 1.807) is 0 Å². The first-order valence-electron chi connectivity index (χ1n) is 7.68. The number of carbonyl (C=O) groups is 1. The molecule has 2 fully saturated rings. The van der Waals surface area contributed by atoms with E-state index in [9.17, 15) is 4.79 Å². The van der Waals surface area contributed by atoms with Crippen LogP contribution in [0.1, 0.15) is 24.0 Å². The van der Waals surface area contributed by atoms with Crippen molar-refractivity contribution in [1.29, 1.82) is 0 Å². The molecule has 21 heavy (non-hydrogen) atoms. The summed E-state index contributed by atoms with van der Waals surface area (Å²) in [6.45, 7) is 3.28. The first-order chi connectivity index (χ1) is 10.2. The number of nitrogens with one attached hydrogen (secondary N) is 1. The van der Waals surface area contributed by atoms with Crippen LogP contribution in [0.15, 0.2) is 16.6 Å². The van der Waals surface area contributed by atoms with Crippen molar-refractivity contribution < 1.29 is 9.53 Å². The minimum absolute atomic E-state index is 0.180. The lowest BCUT2D eigenvalue weighted by Gasteiger charge is -2.23. The fourth-order valence-corrected chi connectivity index (χ4v) is 4.37. The highest BCUT2D eigenvalue weighted by atomic mass is 79.9. The smallest absolute Gasteiger partial charge is 0.227 e. The summed E-state index contributed by atoms with van der Waals surface area (Å²) in [7, 11) is 0. The second-order valence-electron chi connectivity index (χ2n) is 6.18. The maximum Gasteiger partial charge on any atom is 0.227 e. The molecule has 4 nitrogen and oxygen atoms in total. The fraction of sp³-hybridized carbons (Fsp3) is 0.562. The van der Waals surface area contributed by atoms with E-state index in [1.165, 1.54) is 5.56 Å². The maximum absolute atomic E-state index is 12.6. The molecule has 2 atom stereocenters. The Kier molecular flexibility index (Phi) is 3.42. The molecule has 2 saturated heterocycles. The van der Waals surface area contributed by atoms with Gasteiger partial charge in [0.25, 0.3) is 0 Å². The molecule has 3 aliphatic rings. The van der Waals surface area contributed by atoms with Gasteiger partial charge in [-0.15, -0.1) is 0 Å². The van der Waals surface area contributed by atoms with Gasteiger partial charge in [-0.05, 0) is 37.1 Å². The molecular weight excluding hydrogens is 332 g/mol. The minimum atomic E-state index is 0.180. The predicted octanol–water partition coefficient (Wildman–Crippen LogP) is 2.09. The van der Waals surface area contributed by atoms with Crippen molar-refractivity contribution in [3.05, 3.63) is 27.7 Å². The van der Waals surface area contributed by atoms with Crippen LogP contribution in [0, 0.1) is 5.92 Å². The molecule has 0 bridgehead atoms. The zero-order chi connectivity index (χ0) is 14.4. The van der Waals surface area contributed by atoms with Gasteiger partial charge in [0.2, 0.25) is 5.91 Å². The largest absolute Gasteiger partial charge is 0.493 e. The molecule has 0 radical (unpaired) electrons. The highest BCUT2D eigenvalue weighted by Crippen LogP contribution is 2.35. The molecule has 4 rings (SSSR count). The number of fused-ring (bicyclic) bond motifs is 2. The predicted molar refractivity (Wildman–Crippen MR) is 83.3 cm³/mol. The number of halogens is 1. The first kappa shape index (κ1) is 13.6. The maximum atomic E-state index is 12.6. The van der Waals surface area contributed by atoms with Gasteiger partial charge in [-0.2, -0.15) is 0 Å². The number of nitrogens with zero attached hydrogens (tertiary/aromatic N) is 1. The molecule has 1 amide bonds. The summed E-state index contributed by atoms with van der Waals surface area (Å²) < 4.78 is 6.85.